The number of para-hydroxylation sites is 2. The van der Waals surface area contributed by atoms with Gasteiger partial charge >= 0.3 is 0 Å². The molecule has 3 rings (SSSR count). The van der Waals surface area contributed by atoms with Gasteiger partial charge in [0.25, 0.3) is 5.91 Å². The standard InChI is InChI=1S/C18H17BrN2O4/c19-13-5-3-4-12(8-13)18(23)21-10-17(22)20-9-14-11-24-15-6-1-2-7-16(15)25-14/h1-8,14H,9-11H2,(H,20,22)(H,21,23). The molecule has 25 heavy (non-hydrogen) atoms. The van der Waals surface area contributed by atoms with E-state index in [-0.39, 0.29) is 24.5 Å². The quantitative estimate of drug-likeness (QED) is 0.800. The second-order valence-corrected chi connectivity index (χ2v) is 6.41. The van der Waals surface area contributed by atoms with Gasteiger partial charge in [-0.05, 0) is 30.3 Å². The second-order valence-electron chi connectivity index (χ2n) is 5.49. The molecule has 0 saturated heterocycles. The van der Waals surface area contributed by atoms with Crippen LogP contribution in [0.1, 0.15) is 10.4 Å². The van der Waals surface area contributed by atoms with Crippen molar-refractivity contribution in [1.29, 1.82) is 0 Å². The summed E-state index contributed by atoms with van der Waals surface area (Å²) >= 11 is 3.31. The van der Waals surface area contributed by atoms with Crippen molar-refractivity contribution in [2.75, 3.05) is 19.7 Å². The Balaban J connectivity index is 1.42. The molecule has 1 aliphatic rings. The molecule has 6 nitrogen and oxygen atoms in total. The predicted molar refractivity (Wildman–Crippen MR) is 95.8 cm³/mol. The lowest BCUT2D eigenvalue weighted by atomic mass is 10.2. The largest absolute Gasteiger partial charge is 0.486 e. The molecule has 7 heteroatoms. The van der Waals surface area contributed by atoms with Gasteiger partial charge in [0.05, 0.1) is 13.1 Å². The van der Waals surface area contributed by atoms with E-state index in [0.717, 1.165) is 4.47 Å². The zero-order chi connectivity index (χ0) is 17.6. The van der Waals surface area contributed by atoms with E-state index < -0.39 is 0 Å². The number of benzene rings is 2. The summed E-state index contributed by atoms with van der Waals surface area (Å²) in [7, 11) is 0. The number of carbonyl (C=O) groups excluding carboxylic acids is 2. The van der Waals surface area contributed by atoms with E-state index in [1.807, 2.05) is 30.3 Å². The molecule has 0 radical (unpaired) electrons. The van der Waals surface area contributed by atoms with Gasteiger partial charge in [-0.1, -0.05) is 34.1 Å². The van der Waals surface area contributed by atoms with Crippen LogP contribution in [0.4, 0.5) is 0 Å². The molecule has 1 unspecified atom stereocenters. The molecule has 0 spiro atoms. The summed E-state index contributed by atoms with van der Waals surface area (Å²) < 4.78 is 12.1. The Morgan fingerprint density at radius 3 is 2.68 bits per heavy atom. The Kier molecular flexibility index (Phi) is 5.55. The molecule has 0 aromatic heterocycles. The van der Waals surface area contributed by atoms with Crippen molar-refractivity contribution < 1.29 is 19.1 Å². The van der Waals surface area contributed by atoms with Crippen molar-refractivity contribution >= 4 is 27.7 Å². The minimum absolute atomic E-state index is 0.102. The number of fused-ring (bicyclic) bond motifs is 1. The van der Waals surface area contributed by atoms with Gasteiger partial charge in [-0.3, -0.25) is 9.59 Å². The summed E-state index contributed by atoms with van der Waals surface area (Å²) in [4.78, 5) is 23.9. The van der Waals surface area contributed by atoms with Gasteiger partial charge < -0.3 is 20.1 Å². The van der Waals surface area contributed by atoms with Gasteiger partial charge in [-0.2, -0.15) is 0 Å². The summed E-state index contributed by atoms with van der Waals surface area (Å²) in [6, 6.07) is 14.4. The van der Waals surface area contributed by atoms with Crippen molar-refractivity contribution in [1.82, 2.24) is 10.6 Å². The summed E-state index contributed by atoms with van der Waals surface area (Å²) in [5.41, 5.74) is 0.489. The molecule has 0 bridgehead atoms. The van der Waals surface area contributed by atoms with Gasteiger partial charge in [0.2, 0.25) is 5.91 Å². The third-order valence-electron chi connectivity index (χ3n) is 3.59. The molecule has 0 fully saturated rings. The first kappa shape index (κ1) is 17.3. The predicted octanol–water partition coefficient (Wildman–Crippen LogP) is 2.14. The molecule has 1 aliphatic heterocycles. The van der Waals surface area contributed by atoms with Gasteiger partial charge in [-0.25, -0.2) is 0 Å². The number of halogens is 1. The van der Waals surface area contributed by atoms with Crippen molar-refractivity contribution in [3.63, 3.8) is 0 Å². The van der Waals surface area contributed by atoms with E-state index in [1.54, 1.807) is 18.2 Å². The number of carbonyl (C=O) groups is 2. The zero-order valence-electron chi connectivity index (χ0n) is 13.3. The SMILES string of the molecule is O=C(CNC(=O)c1cccc(Br)c1)NCC1COc2ccccc2O1. The maximum absolute atomic E-state index is 12.0. The molecular formula is C18H17BrN2O4. The lowest BCUT2D eigenvalue weighted by Crippen LogP contribution is -2.44. The Morgan fingerprint density at radius 2 is 1.88 bits per heavy atom. The third kappa shape index (κ3) is 4.73. The van der Waals surface area contributed by atoms with Crippen LogP contribution in [0.15, 0.2) is 53.0 Å². The van der Waals surface area contributed by atoms with E-state index in [9.17, 15) is 9.59 Å². The first-order valence-corrected chi connectivity index (χ1v) is 8.60. The maximum atomic E-state index is 12.0. The molecular weight excluding hydrogens is 388 g/mol. The van der Waals surface area contributed by atoms with Crippen molar-refractivity contribution in [2.24, 2.45) is 0 Å². The van der Waals surface area contributed by atoms with Gasteiger partial charge in [-0.15, -0.1) is 0 Å². The minimum atomic E-state index is -0.303. The van der Waals surface area contributed by atoms with Gasteiger partial charge in [0.15, 0.2) is 11.5 Å². The average molecular weight is 405 g/mol. The Labute approximate surface area is 153 Å². The van der Waals surface area contributed by atoms with E-state index in [0.29, 0.717) is 30.2 Å². The molecule has 2 amide bonds. The molecule has 1 heterocycles. The van der Waals surface area contributed by atoms with Crippen LogP contribution in [-0.4, -0.2) is 37.6 Å². The number of hydrogen-bond donors (Lipinski definition) is 2. The molecule has 0 aliphatic carbocycles. The monoisotopic (exact) mass is 404 g/mol. The van der Waals surface area contributed by atoms with Crippen LogP contribution in [0.25, 0.3) is 0 Å². The molecule has 2 aromatic carbocycles. The van der Waals surface area contributed by atoms with Crippen LogP contribution in [0.3, 0.4) is 0 Å². The highest BCUT2D eigenvalue weighted by Crippen LogP contribution is 2.30. The maximum Gasteiger partial charge on any atom is 0.251 e. The van der Waals surface area contributed by atoms with E-state index in [4.69, 9.17) is 9.47 Å². The number of nitrogens with one attached hydrogen (secondary N) is 2. The fourth-order valence-corrected chi connectivity index (χ4v) is 2.75. The molecule has 130 valence electrons. The zero-order valence-corrected chi connectivity index (χ0v) is 14.9. The highest BCUT2D eigenvalue weighted by molar-refractivity contribution is 9.10. The van der Waals surface area contributed by atoms with E-state index in [2.05, 4.69) is 26.6 Å². The van der Waals surface area contributed by atoms with Crippen LogP contribution < -0.4 is 20.1 Å². The molecule has 1 atom stereocenters. The lowest BCUT2D eigenvalue weighted by molar-refractivity contribution is -0.120. The number of rotatable bonds is 5. The van der Waals surface area contributed by atoms with Crippen LogP contribution in [0.2, 0.25) is 0 Å². The average Bonchev–Trinajstić information content (AvgIpc) is 2.64. The van der Waals surface area contributed by atoms with Gasteiger partial charge in [0.1, 0.15) is 12.7 Å². The van der Waals surface area contributed by atoms with Crippen LogP contribution in [-0.2, 0) is 4.79 Å². The second kappa shape index (κ2) is 8.02. The van der Waals surface area contributed by atoms with E-state index >= 15 is 0 Å². The Bertz CT molecular complexity index is 781. The van der Waals surface area contributed by atoms with Crippen molar-refractivity contribution in [2.45, 2.75) is 6.10 Å². The smallest absolute Gasteiger partial charge is 0.251 e. The number of ether oxygens (including phenoxy) is 2. The highest BCUT2D eigenvalue weighted by Gasteiger charge is 2.21. The van der Waals surface area contributed by atoms with Crippen LogP contribution in [0, 0.1) is 0 Å². The highest BCUT2D eigenvalue weighted by atomic mass is 79.9. The Morgan fingerprint density at radius 1 is 1.08 bits per heavy atom. The van der Waals surface area contributed by atoms with Gasteiger partial charge in [0, 0.05) is 10.0 Å². The first-order valence-electron chi connectivity index (χ1n) is 7.81. The third-order valence-corrected chi connectivity index (χ3v) is 4.08. The topological polar surface area (TPSA) is 76.7 Å². The molecule has 0 saturated carbocycles. The fourth-order valence-electron chi connectivity index (χ4n) is 2.35. The molecule has 2 N–H and O–H groups in total. The lowest BCUT2D eigenvalue weighted by Gasteiger charge is -2.26. The number of hydrogen-bond acceptors (Lipinski definition) is 4. The summed E-state index contributed by atoms with van der Waals surface area (Å²) in [5.74, 6) is 0.774. The van der Waals surface area contributed by atoms with Crippen molar-refractivity contribution in [3.8, 4) is 11.5 Å². The summed E-state index contributed by atoms with van der Waals surface area (Å²) in [6.07, 6.45) is -0.264. The Hall–Kier alpha value is -2.54. The molecule has 2 aromatic rings. The summed E-state index contributed by atoms with van der Waals surface area (Å²) in [5, 5.41) is 5.32. The number of amides is 2. The van der Waals surface area contributed by atoms with Crippen LogP contribution >= 0.6 is 15.9 Å². The first-order chi connectivity index (χ1) is 12.1. The normalized spacial score (nSPS) is 15.3. The minimum Gasteiger partial charge on any atom is -0.486 e. The van der Waals surface area contributed by atoms with Crippen molar-refractivity contribution in [3.05, 3.63) is 58.6 Å². The fraction of sp³-hybridized carbons (Fsp3) is 0.222. The van der Waals surface area contributed by atoms with E-state index in [1.165, 1.54) is 0 Å². The summed E-state index contributed by atoms with van der Waals surface area (Å²) in [6.45, 7) is 0.567. The van der Waals surface area contributed by atoms with Crippen LogP contribution in [0.5, 0.6) is 11.5 Å².